The average molecular weight is 293 g/mol. The Morgan fingerprint density at radius 2 is 2.16 bits per heavy atom. The van der Waals surface area contributed by atoms with E-state index >= 15 is 0 Å². The van der Waals surface area contributed by atoms with E-state index < -0.39 is 5.97 Å². The zero-order chi connectivity index (χ0) is 14.0. The molecule has 1 heterocycles. The predicted octanol–water partition coefficient (Wildman–Crippen LogP) is 2.61. The lowest BCUT2D eigenvalue weighted by Gasteiger charge is -2.09. The molecule has 0 spiro atoms. The van der Waals surface area contributed by atoms with Crippen LogP contribution in [0.2, 0.25) is 0 Å². The van der Waals surface area contributed by atoms with E-state index in [1.807, 2.05) is 6.92 Å². The summed E-state index contributed by atoms with van der Waals surface area (Å²) in [5.74, 6) is -1.18. The lowest BCUT2D eigenvalue weighted by atomic mass is 10.1. The van der Waals surface area contributed by atoms with Crippen LogP contribution in [-0.2, 0) is 4.79 Å². The van der Waals surface area contributed by atoms with Crippen LogP contribution in [0.3, 0.4) is 0 Å². The molecule has 6 heteroatoms. The quantitative estimate of drug-likeness (QED) is 0.686. The maximum Gasteiger partial charge on any atom is 0.336 e. The average Bonchev–Trinajstić information content (AvgIpc) is 2.64. The molecule has 0 radical (unpaired) electrons. The number of nitrogens with zero attached hydrogens (tertiary/aromatic N) is 1. The van der Waals surface area contributed by atoms with Gasteiger partial charge in [0.05, 0.1) is 10.5 Å². The molecule has 1 N–H and O–H groups in total. The van der Waals surface area contributed by atoms with E-state index in [0.29, 0.717) is 21.3 Å². The topological polar surface area (TPSA) is 57.6 Å². The highest BCUT2D eigenvalue weighted by atomic mass is 32.2. The maximum absolute atomic E-state index is 12.0. The first-order chi connectivity index (χ1) is 9.04. The van der Waals surface area contributed by atoms with Crippen molar-refractivity contribution in [1.29, 1.82) is 0 Å². The van der Waals surface area contributed by atoms with Gasteiger partial charge in [-0.1, -0.05) is 42.2 Å². The van der Waals surface area contributed by atoms with Crippen molar-refractivity contribution in [1.82, 2.24) is 4.90 Å². The van der Waals surface area contributed by atoms with Crippen molar-refractivity contribution in [3.63, 3.8) is 0 Å². The number of carboxylic acids is 1. The van der Waals surface area contributed by atoms with Gasteiger partial charge in [0.25, 0.3) is 5.91 Å². The van der Waals surface area contributed by atoms with Gasteiger partial charge in [-0.3, -0.25) is 9.69 Å². The fourth-order valence-corrected chi connectivity index (χ4v) is 3.11. The molecule has 1 fully saturated rings. The van der Waals surface area contributed by atoms with Gasteiger partial charge >= 0.3 is 5.97 Å². The number of benzene rings is 1. The van der Waals surface area contributed by atoms with Crippen LogP contribution in [-0.4, -0.2) is 32.7 Å². The lowest BCUT2D eigenvalue weighted by Crippen LogP contribution is -2.27. The predicted molar refractivity (Wildman–Crippen MR) is 79.0 cm³/mol. The molecule has 1 amide bonds. The van der Waals surface area contributed by atoms with E-state index in [4.69, 9.17) is 17.3 Å². The molecule has 0 aromatic heterocycles. The van der Waals surface area contributed by atoms with E-state index in [9.17, 15) is 9.59 Å². The van der Waals surface area contributed by atoms with Gasteiger partial charge < -0.3 is 5.11 Å². The maximum atomic E-state index is 12.0. The van der Waals surface area contributed by atoms with Gasteiger partial charge in [0, 0.05) is 6.54 Å². The Kier molecular flexibility index (Phi) is 4.01. The van der Waals surface area contributed by atoms with Crippen LogP contribution in [0.4, 0.5) is 0 Å². The summed E-state index contributed by atoms with van der Waals surface area (Å²) in [7, 11) is 0. The molecule has 19 heavy (non-hydrogen) atoms. The minimum absolute atomic E-state index is 0.169. The van der Waals surface area contributed by atoms with Gasteiger partial charge in [-0.05, 0) is 24.6 Å². The Morgan fingerprint density at radius 3 is 2.74 bits per heavy atom. The third kappa shape index (κ3) is 2.69. The standard InChI is InChI=1S/C13H11NO3S2/c1-2-14-11(15)10(19-13(14)18)7-8-5-3-4-6-9(8)12(16)17/h3-7H,2H2,1H3,(H,16,17). The molecule has 1 saturated heterocycles. The lowest BCUT2D eigenvalue weighted by molar-refractivity contribution is -0.121. The third-order valence-corrected chi connectivity index (χ3v) is 4.05. The fourth-order valence-electron chi connectivity index (χ4n) is 1.73. The van der Waals surface area contributed by atoms with Gasteiger partial charge in [-0.25, -0.2) is 4.79 Å². The molecular formula is C13H11NO3S2. The number of aromatic carboxylic acids is 1. The molecule has 4 nitrogen and oxygen atoms in total. The van der Waals surface area contributed by atoms with Crippen molar-refractivity contribution in [3.8, 4) is 0 Å². The van der Waals surface area contributed by atoms with Gasteiger partial charge in [0.2, 0.25) is 0 Å². The van der Waals surface area contributed by atoms with E-state index in [1.165, 1.54) is 22.7 Å². The van der Waals surface area contributed by atoms with Crippen molar-refractivity contribution in [2.75, 3.05) is 6.54 Å². The van der Waals surface area contributed by atoms with Crippen LogP contribution >= 0.6 is 24.0 Å². The molecule has 0 aliphatic carbocycles. The Hall–Kier alpha value is -1.66. The Labute approximate surface area is 120 Å². The number of rotatable bonds is 3. The second-order valence-electron chi connectivity index (χ2n) is 3.82. The van der Waals surface area contributed by atoms with E-state index in [2.05, 4.69) is 0 Å². The number of carboxylic acid groups (broad SMARTS) is 1. The molecule has 1 aromatic carbocycles. The monoisotopic (exact) mass is 293 g/mol. The third-order valence-electron chi connectivity index (χ3n) is 2.67. The minimum Gasteiger partial charge on any atom is -0.478 e. The summed E-state index contributed by atoms with van der Waals surface area (Å²) in [6.07, 6.45) is 1.58. The van der Waals surface area contributed by atoms with Crippen LogP contribution in [0.1, 0.15) is 22.8 Å². The number of hydrogen-bond acceptors (Lipinski definition) is 4. The highest BCUT2D eigenvalue weighted by molar-refractivity contribution is 8.26. The van der Waals surface area contributed by atoms with Crippen molar-refractivity contribution >= 4 is 46.3 Å². The molecule has 98 valence electrons. The van der Waals surface area contributed by atoms with Crippen LogP contribution < -0.4 is 0 Å². The Morgan fingerprint density at radius 1 is 1.47 bits per heavy atom. The molecule has 1 aliphatic rings. The largest absolute Gasteiger partial charge is 0.478 e. The summed E-state index contributed by atoms with van der Waals surface area (Å²) >= 11 is 6.30. The minimum atomic E-state index is -1.02. The molecule has 0 saturated carbocycles. The summed E-state index contributed by atoms with van der Waals surface area (Å²) in [5.41, 5.74) is 0.677. The fraction of sp³-hybridized carbons (Fsp3) is 0.154. The van der Waals surface area contributed by atoms with Crippen molar-refractivity contribution < 1.29 is 14.7 Å². The summed E-state index contributed by atoms with van der Waals surface area (Å²) < 4.78 is 0.506. The highest BCUT2D eigenvalue weighted by Crippen LogP contribution is 2.32. The summed E-state index contributed by atoms with van der Waals surface area (Å²) in [4.78, 5) is 25.1. The number of hydrogen-bond donors (Lipinski definition) is 1. The van der Waals surface area contributed by atoms with Crippen LogP contribution in [0.25, 0.3) is 6.08 Å². The van der Waals surface area contributed by atoms with Crippen LogP contribution in [0.15, 0.2) is 29.2 Å². The van der Waals surface area contributed by atoms with Crippen molar-refractivity contribution in [3.05, 3.63) is 40.3 Å². The first-order valence-corrected chi connectivity index (χ1v) is 6.84. The van der Waals surface area contributed by atoms with Gasteiger partial charge in [-0.2, -0.15) is 0 Å². The zero-order valence-corrected chi connectivity index (χ0v) is 11.8. The zero-order valence-electron chi connectivity index (χ0n) is 10.1. The number of carbonyl (C=O) groups excluding carboxylic acids is 1. The number of thioether (sulfide) groups is 1. The molecule has 1 aromatic rings. The van der Waals surface area contributed by atoms with E-state index in [0.717, 1.165) is 0 Å². The number of carbonyl (C=O) groups is 2. The first kappa shape index (κ1) is 13.8. The van der Waals surface area contributed by atoms with Gasteiger partial charge in [-0.15, -0.1) is 0 Å². The molecule has 1 aliphatic heterocycles. The molecule has 0 atom stereocenters. The number of amides is 1. The Bertz CT molecular complexity index is 595. The molecule has 2 rings (SSSR count). The number of likely N-dealkylation sites (N-methyl/N-ethyl adjacent to an activating group) is 1. The Balaban J connectivity index is 2.41. The van der Waals surface area contributed by atoms with Gasteiger partial charge in [0.1, 0.15) is 4.32 Å². The van der Waals surface area contributed by atoms with E-state index in [1.54, 1.807) is 24.3 Å². The normalized spacial score (nSPS) is 17.3. The summed E-state index contributed by atoms with van der Waals surface area (Å²) in [6, 6.07) is 6.56. The SMILES string of the molecule is CCN1C(=O)C(=Cc2ccccc2C(=O)O)SC1=S. The smallest absolute Gasteiger partial charge is 0.336 e. The van der Waals surface area contributed by atoms with Crippen LogP contribution in [0.5, 0.6) is 0 Å². The molecular weight excluding hydrogens is 282 g/mol. The second-order valence-corrected chi connectivity index (χ2v) is 5.49. The summed E-state index contributed by atoms with van der Waals surface area (Å²) in [5, 5.41) is 9.10. The van der Waals surface area contributed by atoms with Crippen LogP contribution in [0, 0.1) is 0 Å². The highest BCUT2D eigenvalue weighted by Gasteiger charge is 2.30. The van der Waals surface area contributed by atoms with E-state index in [-0.39, 0.29) is 11.5 Å². The molecule has 0 bridgehead atoms. The molecule has 0 unspecified atom stereocenters. The summed E-state index contributed by atoms with van der Waals surface area (Å²) in [6.45, 7) is 2.36. The first-order valence-electron chi connectivity index (χ1n) is 5.62. The number of thiocarbonyl (C=S) groups is 1. The van der Waals surface area contributed by atoms with Crippen molar-refractivity contribution in [2.24, 2.45) is 0 Å². The second kappa shape index (κ2) is 5.54. The van der Waals surface area contributed by atoms with Crippen molar-refractivity contribution in [2.45, 2.75) is 6.92 Å². The van der Waals surface area contributed by atoms with Gasteiger partial charge in [0.15, 0.2) is 0 Å².